The summed E-state index contributed by atoms with van der Waals surface area (Å²) >= 11 is 3.60. The van der Waals surface area contributed by atoms with E-state index in [-0.39, 0.29) is 6.09 Å². The lowest BCUT2D eigenvalue weighted by atomic mass is 10.0. The van der Waals surface area contributed by atoms with Crippen molar-refractivity contribution in [1.82, 2.24) is 39.5 Å². The van der Waals surface area contributed by atoms with E-state index in [1.54, 1.807) is 39.0 Å². The van der Waals surface area contributed by atoms with Gasteiger partial charge in [-0.25, -0.2) is 9.78 Å². The van der Waals surface area contributed by atoms with Gasteiger partial charge >= 0.3 is 6.09 Å². The Morgan fingerprint density at radius 1 is 0.965 bits per heavy atom. The van der Waals surface area contributed by atoms with Crippen LogP contribution in [0.3, 0.4) is 0 Å². The lowest BCUT2D eigenvalue weighted by molar-refractivity contribution is 0.0140. The zero-order valence-corrected chi connectivity index (χ0v) is 36.1. The fourth-order valence-electron chi connectivity index (χ4n) is 7.50. The van der Waals surface area contributed by atoms with Crippen molar-refractivity contribution in [1.29, 1.82) is 0 Å². The number of fused-ring (bicyclic) bond motifs is 1. The first-order valence-corrected chi connectivity index (χ1v) is 22.7. The molecule has 2 aromatic carbocycles. The maximum atomic E-state index is 13.6. The molecular formula is C40H51BrN11O4P. The van der Waals surface area contributed by atoms with Gasteiger partial charge in [0.1, 0.15) is 29.8 Å². The summed E-state index contributed by atoms with van der Waals surface area (Å²) in [5.41, 5.74) is 5.14. The predicted octanol–water partition coefficient (Wildman–Crippen LogP) is 7.33. The Morgan fingerprint density at radius 2 is 1.70 bits per heavy atom. The molecule has 2 aliphatic heterocycles. The number of carbonyl (C=O) groups excluding carboxylic acids is 1. The van der Waals surface area contributed by atoms with Crippen molar-refractivity contribution in [3.8, 4) is 16.9 Å². The summed E-state index contributed by atoms with van der Waals surface area (Å²) in [5, 5.41) is 12.0. The molecule has 5 heterocycles. The van der Waals surface area contributed by atoms with Crippen LogP contribution in [0.2, 0.25) is 0 Å². The van der Waals surface area contributed by atoms with Crippen molar-refractivity contribution in [2.45, 2.75) is 58.7 Å². The van der Waals surface area contributed by atoms with Gasteiger partial charge in [0.15, 0.2) is 0 Å². The van der Waals surface area contributed by atoms with Crippen LogP contribution in [0.25, 0.3) is 22.2 Å². The second-order valence-corrected chi connectivity index (χ2v) is 19.8. The molecule has 1 amide bonds. The highest BCUT2D eigenvalue weighted by Gasteiger charge is 2.32. The number of rotatable bonds is 10. The summed E-state index contributed by atoms with van der Waals surface area (Å²) in [5.74, 6) is 1.47. The molecule has 302 valence electrons. The number of nitrogens with zero attached hydrogens (tertiary/aromatic N) is 9. The minimum Gasteiger partial charge on any atom is -0.494 e. The van der Waals surface area contributed by atoms with E-state index < -0.39 is 12.7 Å². The summed E-state index contributed by atoms with van der Waals surface area (Å²) in [6, 6.07) is 8.29. The Kier molecular flexibility index (Phi) is 11.8. The number of methoxy groups -OCH3 is 1. The lowest BCUT2D eigenvalue weighted by Crippen LogP contribution is -2.54. The standard InChI is InChI=1S/C40H51BrN11O4P/c1-8-52-25-26(23-45-52)28-21-32(47-38-44-24-29(41)37(48-38)46-31-10-9-30-35(43-14-13-42-30)36(31)57(6,7)54)34(55-5)22-33(28)50-19-17-49(18-20-50)27-11-15-51(16-12-27)39(53)56-40(2,3)4/h9-10,13-14,21-25,27H,8,11-12,15-20H2,1-7H3,(H2,44,46,47,48). The molecule has 0 bridgehead atoms. The Labute approximate surface area is 342 Å². The van der Waals surface area contributed by atoms with Crippen LogP contribution < -0.4 is 25.6 Å². The zero-order chi connectivity index (χ0) is 40.5. The molecule has 2 fully saturated rings. The number of aromatic nitrogens is 6. The average molecular weight is 861 g/mol. The van der Waals surface area contributed by atoms with Gasteiger partial charge in [-0.15, -0.1) is 0 Å². The Hall–Kier alpha value is -4.79. The monoisotopic (exact) mass is 859 g/mol. The third-order valence-corrected chi connectivity index (χ3v) is 12.4. The first-order valence-electron chi connectivity index (χ1n) is 19.3. The smallest absolute Gasteiger partial charge is 0.410 e. The summed E-state index contributed by atoms with van der Waals surface area (Å²) in [4.78, 5) is 37.8. The zero-order valence-electron chi connectivity index (χ0n) is 33.6. The number of ether oxygens (including phenoxy) is 2. The highest BCUT2D eigenvalue weighted by Crippen LogP contribution is 2.43. The number of amides is 1. The molecule has 0 spiro atoms. The number of halogens is 1. The second-order valence-electron chi connectivity index (χ2n) is 15.8. The second kappa shape index (κ2) is 16.6. The quantitative estimate of drug-likeness (QED) is 0.135. The van der Waals surface area contributed by atoms with Gasteiger partial charge in [-0.2, -0.15) is 10.1 Å². The minimum absolute atomic E-state index is 0.225. The predicted molar refractivity (Wildman–Crippen MR) is 229 cm³/mol. The molecule has 17 heteroatoms. The van der Waals surface area contributed by atoms with Gasteiger partial charge in [-0.1, -0.05) is 0 Å². The highest BCUT2D eigenvalue weighted by molar-refractivity contribution is 9.10. The van der Waals surface area contributed by atoms with Gasteiger partial charge in [0.05, 0.1) is 40.0 Å². The van der Waals surface area contributed by atoms with Gasteiger partial charge in [0.25, 0.3) is 0 Å². The molecule has 0 atom stereocenters. The van der Waals surface area contributed by atoms with E-state index in [9.17, 15) is 9.36 Å². The molecule has 7 rings (SSSR count). The van der Waals surface area contributed by atoms with Gasteiger partial charge in [0, 0.05) is 99.5 Å². The van der Waals surface area contributed by atoms with Gasteiger partial charge in [0.2, 0.25) is 5.95 Å². The molecule has 2 aliphatic rings. The summed E-state index contributed by atoms with van der Waals surface area (Å²) in [6.45, 7) is 16.9. The summed E-state index contributed by atoms with van der Waals surface area (Å²) < 4.78 is 27.7. The first-order chi connectivity index (χ1) is 27.2. The van der Waals surface area contributed by atoms with E-state index in [2.05, 4.69) is 81.7 Å². The van der Waals surface area contributed by atoms with Crippen LogP contribution in [0.4, 0.5) is 33.6 Å². The molecule has 0 aliphatic carbocycles. The van der Waals surface area contributed by atoms with Crippen LogP contribution in [0.5, 0.6) is 5.75 Å². The van der Waals surface area contributed by atoms with Gasteiger partial charge in [-0.3, -0.25) is 19.5 Å². The van der Waals surface area contributed by atoms with E-state index >= 15 is 0 Å². The Balaban J connectivity index is 1.12. The van der Waals surface area contributed by atoms with Crippen molar-refractivity contribution < 1.29 is 18.8 Å². The van der Waals surface area contributed by atoms with Crippen molar-refractivity contribution in [3.63, 3.8) is 0 Å². The third kappa shape index (κ3) is 9.18. The van der Waals surface area contributed by atoms with Crippen molar-refractivity contribution in [2.24, 2.45) is 0 Å². The summed E-state index contributed by atoms with van der Waals surface area (Å²) in [6.07, 6.45) is 10.5. The third-order valence-electron chi connectivity index (χ3n) is 10.3. The van der Waals surface area contributed by atoms with Crippen LogP contribution in [-0.4, -0.2) is 117 Å². The number of piperidine rings is 1. The number of hydrogen-bond acceptors (Lipinski definition) is 13. The largest absolute Gasteiger partial charge is 0.494 e. The topological polar surface area (TPSA) is 156 Å². The van der Waals surface area contributed by atoms with Crippen molar-refractivity contribution >= 4 is 74.3 Å². The van der Waals surface area contributed by atoms with Crippen LogP contribution in [0, 0.1) is 0 Å². The number of aryl methyl sites for hydroxylation is 1. The van der Waals surface area contributed by atoms with Crippen molar-refractivity contribution in [2.75, 3.05) is 75.2 Å². The van der Waals surface area contributed by atoms with E-state index in [0.29, 0.717) is 68.8 Å². The van der Waals surface area contributed by atoms with Crippen LogP contribution in [0.15, 0.2) is 59.7 Å². The molecule has 0 saturated carbocycles. The maximum absolute atomic E-state index is 13.6. The number of likely N-dealkylation sites (tertiary alicyclic amines) is 1. The Bertz CT molecular complexity index is 2290. The fraction of sp³-hybridized carbons (Fsp3) is 0.450. The van der Waals surface area contributed by atoms with E-state index in [1.165, 1.54) is 0 Å². The first kappa shape index (κ1) is 40.4. The Morgan fingerprint density at radius 3 is 2.37 bits per heavy atom. The SMILES string of the molecule is CCn1cc(-c2cc(Nc3ncc(Br)c(Nc4ccc5nccnc5c4P(C)(C)=O)n3)c(OC)cc2N2CCN(C3CCN(C(=O)OC(C)(C)C)CC3)CC2)cn1. The van der Waals surface area contributed by atoms with Crippen molar-refractivity contribution in [3.05, 3.63) is 59.7 Å². The van der Waals surface area contributed by atoms with Gasteiger partial charge in [-0.05, 0) is 88.0 Å². The molecular weight excluding hydrogens is 809 g/mol. The van der Waals surface area contributed by atoms with E-state index in [0.717, 1.165) is 62.4 Å². The van der Waals surface area contributed by atoms with Crippen LogP contribution in [0.1, 0.15) is 40.5 Å². The number of benzene rings is 2. The molecule has 0 radical (unpaired) electrons. The lowest BCUT2D eigenvalue weighted by Gasteiger charge is -2.43. The number of anilines is 5. The van der Waals surface area contributed by atoms with Gasteiger partial charge < -0.3 is 34.5 Å². The van der Waals surface area contributed by atoms with Crippen LogP contribution in [-0.2, 0) is 15.8 Å². The minimum atomic E-state index is -2.79. The van der Waals surface area contributed by atoms with E-state index in [4.69, 9.17) is 14.5 Å². The molecule has 5 aromatic rings. The molecule has 15 nitrogen and oxygen atoms in total. The van der Waals surface area contributed by atoms with Crippen LogP contribution >= 0.6 is 23.1 Å². The fourth-order valence-corrected chi connectivity index (χ4v) is 9.19. The number of piperazine rings is 1. The number of hydrogen-bond donors (Lipinski definition) is 2. The molecule has 2 saturated heterocycles. The number of nitrogens with one attached hydrogen (secondary N) is 2. The highest BCUT2D eigenvalue weighted by atomic mass is 79.9. The normalized spacial score (nSPS) is 15.9. The average Bonchev–Trinajstić information content (AvgIpc) is 3.67. The number of carbonyl (C=O) groups is 1. The molecule has 57 heavy (non-hydrogen) atoms. The summed E-state index contributed by atoms with van der Waals surface area (Å²) in [7, 11) is -1.13. The van der Waals surface area contributed by atoms with E-state index in [1.807, 2.05) is 48.7 Å². The molecule has 3 aromatic heterocycles. The molecule has 2 N–H and O–H groups in total. The molecule has 0 unspecified atom stereocenters. The maximum Gasteiger partial charge on any atom is 0.410 e.